The highest BCUT2D eigenvalue weighted by molar-refractivity contribution is 5.75. The number of nitrogens with one attached hydrogen (secondary N) is 1. The number of aromatic nitrogens is 4. The summed E-state index contributed by atoms with van der Waals surface area (Å²) in [6, 6.07) is 15.7. The molecule has 0 saturated carbocycles. The highest BCUT2D eigenvalue weighted by atomic mass is 16.5. The summed E-state index contributed by atoms with van der Waals surface area (Å²) in [5.74, 6) is 1.25. The standard InChI is InChI=1S/C19H19N5O2/c1-13-6-2-4-8-16(13)19-21-23-24(22-19)12-18(25)20-11-15-10-14-7-3-5-9-17(14)26-15/h2-9,15H,10-12H2,1H3,(H,20,25). The highest BCUT2D eigenvalue weighted by Gasteiger charge is 2.22. The highest BCUT2D eigenvalue weighted by Crippen LogP contribution is 2.27. The summed E-state index contributed by atoms with van der Waals surface area (Å²) < 4.78 is 5.82. The van der Waals surface area contributed by atoms with E-state index >= 15 is 0 Å². The van der Waals surface area contributed by atoms with Crippen LogP contribution >= 0.6 is 0 Å². The van der Waals surface area contributed by atoms with E-state index < -0.39 is 0 Å². The number of nitrogens with zero attached hydrogens (tertiary/aromatic N) is 4. The molecular formula is C19H19N5O2. The van der Waals surface area contributed by atoms with Gasteiger partial charge in [0.25, 0.3) is 0 Å². The maximum atomic E-state index is 12.2. The van der Waals surface area contributed by atoms with Crippen molar-refractivity contribution in [2.75, 3.05) is 6.54 Å². The fourth-order valence-electron chi connectivity index (χ4n) is 3.02. The molecule has 1 N–H and O–H groups in total. The molecular weight excluding hydrogens is 330 g/mol. The minimum absolute atomic E-state index is 0.0263. The Morgan fingerprint density at radius 1 is 1.23 bits per heavy atom. The summed E-state index contributed by atoms with van der Waals surface area (Å²) in [6.07, 6.45) is 0.762. The number of hydrogen-bond acceptors (Lipinski definition) is 5. The molecule has 1 atom stereocenters. The van der Waals surface area contributed by atoms with Crippen LogP contribution in [0.2, 0.25) is 0 Å². The largest absolute Gasteiger partial charge is 0.488 e. The summed E-state index contributed by atoms with van der Waals surface area (Å²) >= 11 is 0. The first-order valence-electron chi connectivity index (χ1n) is 8.54. The summed E-state index contributed by atoms with van der Waals surface area (Å²) in [6.45, 7) is 2.47. The van der Waals surface area contributed by atoms with Gasteiger partial charge in [-0.15, -0.1) is 10.2 Å². The van der Waals surface area contributed by atoms with Crippen LogP contribution in [0.5, 0.6) is 5.75 Å². The summed E-state index contributed by atoms with van der Waals surface area (Å²) in [4.78, 5) is 13.5. The van der Waals surface area contributed by atoms with Crippen LogP contribution in [0, 0.1) is 6.92 Å². The first kappa shape index (κ1) is 16.3. The fraction of sp³-hybridized carbons (Fsp3) is 0.263. The van der Waals surface area contributed by atoms with Crippen LogP contribution in [0.3, 0.4) is 0 Å². The van der Waals surface area contributed by atoms with Crippen molar-refractivity contribution >= 4 is 5.91 Å². The Bertz CT molecular complexity index is 912. The van der Waals surface area contributed by atoms with E-state index in [2.05, 4.69) is 20.7 Å². The Morgan fingerprint density at radius 2 is 2.04 bits per heavy atom. The number of para-hydroxylation sites is 1. The Morgan fingerprint density at radius 3 is 2.88 bits per heavy atom. The number of benzene rings is 2. The van der Waals surface area contributed by atoms with Crippen molar-refractivity contribution in [3.63, 3.8) is 0 Å². The summed E-state index contributed by atoms with van der Waals surface area (Å²) in [5, 5.41) is 15.2. The molecule has 0 aliphatic carbocycles. The van der Waals surface area contributed by atoms with E-state index in [-0.39, 0.29) is 18.6 Å². The van der Waals surface area contributed by atoms with Gasteiger partial charge < -0.3 is 10.1 Å². The van der Waals surface area contributed by atoms with Crippen LogP contribution in [-0.4, -0.2) is 38.8 Å². The van der Waals surface area contributed by atoms with Crippen molar-refractivity contribution in [1.82, 2.24) is 25.5 Å². The van der Waals surface area contributed by atoms with E-state index in [0.717, 1.165) is 23.3 Å². The molecule has 3 aromatic rings. The zero-order valence-electron chi connectivity index (χ0n) is 14.4. The van der Waals surface area contributed by atoms with Crippen LogP contribution in [-0.2, 0) is 17.8 Å². The second-order valence-electron chi connectivity index (χ2n) is 6.31. The van der Waals surface area contributed by atoms with E-state index in [0.29, 0.717) is 12.4 Å². The third kappa shape index (κ3) is 3.42. The van der Waals surface area contributed by atoms with Gasteiger partial charge in [0.05, 0.1) is 6.54 Å². The Labute approximate surface area is 151 Å². The van der Waals surface area contributed by atoms with E-state index in [1.165, 1.54) is 10.4 Å². The van der Waals surface area contributed by atoms with Gasteiger partial charge >= 0.3 is 0 Å². The molecule has 26 heavy (non-hydrogen) atoms. The zero-order valence-corrected chi connectivity index (χ0v) is 14.4. The number of hydrogen-bond donors (Lipinski definition) is 1. The second kappa shape index (κ2) is 6.95. The predicted octanol–water partition coefficient (Wildman–Crippen LogP) is 1.77. The van der Waals surface area contributed by atoms with Gasteiger partial charge in [-0.3, -0.25) is 4.79 Å². The van der Waals surface area contributed by atoms with Gasteiger partial charge in [0.2, 0.25) is 11.7 Å². The molecule has 0 fully saturated rings. The monoisotopic (exact) mass is 349 g/mol. The Balaban J connectivity index is 1.31. The van der Waals surface area contributed by atoms with Gasteiger partial charge in [-0.1, -0.05) is 42.5 Å². The minimum atomic E-state index is -0.168. The molecule has 2 heterocycles. The predicted molar refractivity (Wildman–Crippen MR) is 95.6 cm³/mol. The number of tetrazole rings is 1. The lowest BCUT2D eigenvalue weighted by atomic mass is 10.1. The van der Waals surface area contributed by atoms with Crippen LogP contribution < -0.4 is 10.1 Å². The van der Waals surface area contributed by atoms with Gasteiger partial charge in [0.15, 0.2) is 0 Å². The Hall–Kier alpha value is -3.22. The van der Waals surface area contributed by atoms with E-state index in [1.807, 2.05) is 55.5 Å². The molecule has 1 amide bonds. The molecule has 7 nitrogen and oxygen atoms in total. The van der Waals surface area contributed by atoms with Gasteiger partial charge in [-0.25, -0.2) is 0 Å². The maximum Gasteiger partial charge on any atom is 0.243 e. The Kier molecular flexibility index (Phi) is 4.35. The van der Waals surface area contributed by atoms with Crippen molar-refractivity contribution in [2.45, 2.75) is 26.0 Å². The number of aryl methyl sites for hydroxylation is 1. The number of carbonyl (C=O) groups is 1. The molecule has 0 bridgehead atoms. The van der Waals surface area contributed by atoms with E-state index in [1.54, 1.807) is 0 Å². The van der Waals surface area contributed by atoms with Gasteiger partial charge in [-0.2, -0.15) is 4.80 Å². The molecule has 132 valence electrons. The topological polar surface area (TPSA) is 81.9 Å². The third-order valence-electron chi connectivity index (χ3n) is 4.36. The number of ether oxygens (including phenoxy) is 1. The lowest BCUT2D eigenvalue weighted by molar-refractivity contribution is -0.122. The maximum absolute atomic E-state index is 12.2. The van der Waals surface area contributed by atoms with Crippen molar-refractivity contribution in [2.24, 2.45) is 0 Å². The van der Waals surface area contributed by atoms with Gasteiger partial charge in [-0.05, 0) is 29.3 Å². The molecule has 1 aliphatic rings. The van der Waals surface area contributed by atoms with Gasteiger partial charge in [0, 0.05) is 12.0 Å². The first-order chi connectivity index (χ1) is 12.7. The smallest absolute Gasteiger partial charge is 0.243 e. The molecule has 0 saturated heterocycles. The molecule has 1 aliphatic heterocycles. The SMILES string of the molecule is Cc1ccccc1-c1nnn(CC(=O)NCC2Cc3ccccc3O2)n1. The first-order valence-corrected chi connectivity index (χ1v) is 8.54. The van der Waals surface area contributed by atoms with Gasteiger partial charge in [0.1, 0.15) is 18.4 Å². The average molecular weight is 349 g/mol. The molecule has 1 unspecified atom stereocenters. The fourth-order valence-corrected chi connectivity index (χ4v) is 3.02. The van der Waals surface area contributed by atoms with Crippen molar-refractivity contribution < 1.29 is 9.53 Å². The number of carbonyl (C=O) groups excluding carboxylic acids is 1. The molecule has 7 heteroatoms. The molecule has 4 rings (SSSR count). The quantitative estimate of drug-likeness (QED) is 0.759. The van der Waals surface area contributed by atoms with Crippen molar-refractivity contribution in [3.05, 3.63) is 59.7 Å². The number of fused-ring (bicyclic) bond motifs is 1. The third-order valence-corrected chi connectivity index (χ3v) is 4.36. The average Bonchev–Trinajstić information content (AvgIpc) is 3.27. The number of rotatable bonds is 5. The van der Waals surface area contributed by atoms with Crippen LogP contribution in [0.25, 0.3) is 11.4 Å². The van der Waals surface area contributed by atoms with Crippen LogP contribution in [0.4, 0.5) is 0 Å². The summed E-state index contributed by atoms with van der Waals surface area (Å²) in [5.41, 5.74) is 3.15. The lowest BCUT2D eigenvalue weighted by Gasteiger charge is -2.11. The molecule has 2 aromatic carbocycles. The number of amides is 1. The van der Waals surface area contributed by atoms with Crippen molar-refractivity contribution in [3.8, 4) is 17.1 Å². The minimum Gasteiger partial charge on any atom is -0.488 e. The van der Waals surface area contributed by atoms with Crippen LogP contribution in [0.15, 0.2) is 48.5 Å². The summed E-state index contributed by atoms with van der Waals surface area (Å²) in [7, 11) is 0. The molecule has 0 spiro atoms. The zero-order chi connectivity index (χ0) is 17.9. The molecule has 1 aromatic heterocycles. The van der Waals surface area contributed by atoms with E-state index in [9.17, 15) is 4.79 Å². The molecule has 0 radical (unpaired) electrons. The van der Waals surface area contributed by atoms with E-state index in [4.69, 9.17) is 4.74 Å². The van der Waals surface area contributed by atoms with Crippen molar-refractivity contribution in [1.29, 1.82) is 0 Å². The second-order valence-corrected chi connectivity index (χ2v) is 6.31. The van der Waals surface area contributed by atoms with Crippen LogP contribution in [0.1, 0.15) is 11.1 Å². The lowest BCUT2D eigenvalue weighted by Crippen LogP contribution is -2.36. The normalized spacial score (nSPS) is 15.3.